The quantitative estimate of drug-likeness (QED) is 0.538. The Morgan fingerprint density at radius 2 is 1.58 bits per heavy atom. The molecule has 1 fully saturated rings. The van der Waals surface area contributed by atoms with Crippen LogP contribution >= 0.6 is 0 Å². The highest BCUT2D eigenvalue weighted by atomic mass is 19.1. The maximum absolute atomic E-state index is 14.0. The van der Waals surface area contributed by atoms with E-state index in [-0.39, 0.29) is 23.6 Å². The molecule has 0 saturated carbocycles. The van der Waals surface area contributed by atoms with Gasteiger partial charge in [0.05, 0.1) is 0 Å². The van der Waals surface area contributed by atoms with Crippen LogP contribution in [-0.2, 0) is 6.54 Å². The predicted octanol–water partition coefficient (Wildman–Crippen LogP) is 5.58. The van der Waals surface area contributed by atoms with Gasteiger partial charge in [0.25, 0.3) is 5.91 Å². The Kier molecular flexibility index (Phi) is 6.42. The Morgan fingerprint density at radius 1 is 0.935 bits per heavy atom. The summed E-state index contributed by atoms with van der Waals surface area (Å²) in [5, 5.41) is 0. The number of piperidine rings is 1. The highest BCUT2D eigenvalue weighted by Gasteiger charge is 2.30. The molecule has 3 aromatic rings. The SMILES string of the molecule is Cc1ccc(N(C(=O)c2ccc(F)cc2)C2CCN(Cc3ccccc3F)CC2)cc1. The van der Waals surface area contributed by atoms with Crippen molar-refractivity contribution in [3.8, 4) is 0 Å². The smallest absolute Gasteiger partial charge is 0.258 e. The Morgan fingerprint density at radius 3 is 2.23 bits per heavy atom. The van der Waals surface area contributed by atoms with Crippen LogP contribution in [0.5, 0.6) is 0 Å². The first-order chi connectivity index (χ1) is 15.0. The van der Waals surface area contributed by atoms with Crippen LogP contribution < -0.4 is 4.90 Å². The molecule has 0 spiro atoms. The Balaban J connectivity index is 1.52. The number of hydrogen-bond donors (Lipinski definition) is 0. The van der Waals surface area contributed by atoms with E-state index >= 15 is 0 Å². The summed E-state index contributed by atoms with van der Waals surface area (Å²) in [6.45, 7) is 4.13. The van der Waals surface area contributed by atoms with Crippen LogP contribution in [0.15, 0.2) is 72.8 Å². The molecule has 0 unspecified atom stereocenters. The van der Waals surface area contributed by atoms with Gasteiger partial charge in [-0.3, -0.25) is 9.69 Å². The van der Waals surface area contributed by atoms with Gasteiger partial charge in [0.15, 0.2) is 0 Å². The van der Waals surface area contributed by atoms with E-state index in [4.69, 9.17) is 0 Å². The second-order valence-electron chi connectivity index (χ2n) is 8.12. The lowest BCUT2D eigenvalue weighted by Gasteiger charge is -2.38. The van der Waals surface area contributed by atoms with Crippen molar-refractivity contribution in [1.29, 1.82) is 0 Å². The summed E-state index contributed by atoms with van der Waals surface area (Å²) < 4.78 is 27.4. The van der Waals surface area contributed by atoms with Gasteiger partial charge < -0.3 is 4.90 Å². The zero-order valence-corrected chi connectivity index (χ0v) is 17.6. The molecule has 0 bridgehead atoms. The number of aryl methyl sites for hydroxylation is 1. The second-order valence-corrected chi connectivity index (χ2v) is 8.12. The van der Waals surface area contributed by atoms with E-state index in [1.807, 2.05) is 48.2 Å². The third kappa shape index (κ3) is 5.00. The minimum absolute atomic E-state index is 0.0251. The Labute approximate surface area is 181 Å². The van der Waals surface area contributed by atoms with Crippen molar-refractivity contribution in [1.82, 2.24) is 4.90 Å². The van der Waals surface area contributed by atoms with Crippen molar-refractivity contribution >= 4 is 11.6 Å². The van der Waals surface area contributed by atoms with Crippen LogP contribution in [0, 0.1) is 18.6 Å². The number of carbonyl (C=O) groups excluding carboxylic acids is 1. The fourth-order valence-corrected chi connectivity index (χ4v) is 4.13. The second kappa shape index (κ2) is 9.40. The number of carbonyl (C=O) groups is 1. The fraction of sp³-hybridized carbons (Fsp3) is 0.269. The molecule has 1 heterocycles. The van der Waals surface area contributed by atoms with Crippen molar-refractivity contribution < 1.29 is 13.6 Å². The molecule has 0 atom stereocenters. The number of benzene rings is 3. The van der Waals surface area contributed by atoms with E-state index in [9.17, 15) is 13.6 Å². The molecule has 160 valence electrons. The molecule has 4 rings (SSSR count). The average molecular weight is 421 g/mol. The van der Waals surface area contributed by atoms with Crippen LogP contribution in [0.1, 0.15) is 34.3 Å². The molecular formula is C26H26F2N2O. The van der Waals surface area contributed by atoms with Gasteiger partial charge in [-0.25, -0.2) is 8.78 Å². The lowest BCUT2D eigenvalue weighted by atomic mass is 10.00. The number of amides is 1. The normalized spacial score (nSPS) is 15.1. The summed E-state index contributed by atoms with van der Waals surface area (Å²) in [5.74, 6) is -0.673. The first-order valence-electron chi connectivity index (χ1n) is 10.6. The van der Waals surface area contributed by atoms with Crippen molar-refractivity contribution in [2.24, 2.45) is 0 Å². The van der Waals surface area contributed by atoms with Gasteiger partial charge in [-0.2, -0.15) is 0 Å². The van der Waals surface area contributed by atoms with Gasteiger partial charge >= 0.3 is 0 Å². The highest BCUT2D eigenvalue weighted by Crippen LogP contribution is 2.27. The maximum Gasteiger partial charge on any atom is 0.258 e. The number of hydrogen-bond acceptors (Lipinski definition) is 2. The molecule has 5 heteroatoms. The summed E-state index contributed by atoms with van der Waals surface area (Å²) in [5.41, 5.74) is 3.12. The van der Waals surface area contributed by atoms with Gasteiger partial charge in [-0.15, -0.1) is 0 Å². The largest absolute Gasteiger partial charge is 0.305 e. The van der Waals surface area contributed by atoms with Crippen LogP contribution in [0.25, 0.3) is 0 Å². The van der Waals surface area contributed by atoms with Gasteiger partial charge in [0.1, 0.15) is 11.6 Å². The summed E-state index contributed by atoms with van der Waals surface area (Å²) in [4.78, 5) is 17.5. The zero-order chi connectivity index (χ0) is 21.8. The topological polar surface area (TPSA) is 23.6 Å². The standard InChI is InChI=1S/C26H26F2N2O/c1-19-6-12-23(13-7-19)30(26(31)20-8-10-22(27)11-9-20)24-14-16-29(17-15-24)18-21-4-2-3-5-25(21)28/h2-13,24H,14-18H2,1H3. The van der Waals surface area contributed by atoms with E-state index in [2.05, 4.69) is 4.90 Å². The van der Waals surface area contributed by atoms with E-state index in [0.717, 1.165) is 37.2 Å². The third-order valence-corrected chi connectivity index (χ3v) is 5.90. The predicted molar refractivity (Wildman–Crippen MR) is 119 cm³/mol. The summed E-state index contributed by atoms with van der Waals surface area (Å²) in [7, 11) is 0. The van der Waals surface area contributed by atoms with E-state index in [1.54, 1.807) is 6.07 Å². The number of halogens is 2. The fourth-order valence-electron chi connectivity index (χ4n) is 4.13. The van der Waals surface area contributed by atoms with Gasteiger partial charge in [-0.1, -0.05) is 35.9 Å². The summed E-state index contributed by atoms with van der Waals surface area (Å²) in [6, 6.07) is 20.5. The molecule has 1 aliphatic rings. The molecule has 0 aliphatic carbocycles. The lowest BCUT2D eigenvalue weighted by Crippen LogP contribution is -2.47. The van der Waals surface area contributed by atoms with Gasteiger partial charge in [0, 0.05) is 42.5 Å². The molecule has 0 aromatic heterocycles. The van der Waals surface area contributed by atoms with Gasteiger partial charge in [0.2, 0.25) is 0 Å². The zero-order valence-electron chi connectivity index (χ0n) is 17.6. The molecule has 3 aromatic carbocycles. The molecule has 0 radical (unpaired) electrons. The Bertz CT molecular complexity index is 1030. The average Bonchev–Trinajstić information content (AvgIpc) is 2.78. The van der Waals surface area contributed by atoms with E-state index < -0.39 is 0 Å². The molecule has 0 N–H and O–H groups in total. The Hall–Kier alpha value is -3.05. The molecule has 1 aliphatic heterocycles. The number of rotatable bonds is 5. The van der Waals surface area contributed by atoms with Crippen molar-refractivity contribution in [2.45, 2.75) is 32.4 Å². The third-order valence-electron chi connectivity index (χ3n) is 5.90. The maximum atomic E-state index is 14.0. The van der Waals surface area contributed by atoms with Crippen molar-refractivity contribution in [3.63, 3.8) is 0 Å². The first kappa shape index (κ1) is 21.2. The molecule has 31 heavy (non-hydrogen) atoms. The number of nitrogens with zero attached hydrogens (tertiary/aromatic N) is 2. The van der Waals surface area contributed by atoms with E-state index in [1.165, 1.54) is 30.3 Å². The summed E-state index contributed by atoms with van der Waals surface area (Å²) in [6.07, 6.45) is 1.57. The van der Waals surface area contributed by atoms with Crippen LogP contribution in [0.2, 0.25) is 0 Å². The number of anilines is 1. The van der Waals surface area contributed by atoms with Crippen LogP contribution in [0.4, 0.5) is 14.5 Å². The number of likely N-dealkylation sites (tertiary alicyclic amines) is 1. The summed E-state index contributed by atoms with van der Waals surface area (Å²) >= 11 is 0. The van der Waals surface area contributed by atoms with Gasteiger partial charge in [-0.05, 0) is 62.2 Å². The molecule has 3 nitrogen and oxygen atoms in total. The van der Waals surface area contributed by atoms with E-state index in [0.29, 0.717) is 17.7 Å². The molecular weight excluding hydrogens is 394 g/mol. The first-order valence-corrected chi connectivity index (χ1v) is 10.6. The highest BCUT2D eigenvalue weighted by molar-refractivity contribution is 6.06. The van der Waals surface area contributed by atoms with Crippen LogP contribution in [-0.4, -0.2) is 29.9 Å². The lowest BCUT2D eigenvalue weighted by molar-refractivity contribution is 0.0958. The molecule has 1 saturated heterocycles. The monoisotopic (exact) mass is 420 g/mol. The van der Waals surface area contributed by atoms with Crippen molar-refractivity contribution in [3.05, 3.63) is 101 Å². The molecule has 1 amide bonds. The van der Waals surface area contributed by atoms with Crippen LogP contribution in [0.3, 0.4) is 0 Å². The minimum Gasteiger partial charge on any atom is -0.305 e. The van der Waals surface area contributed by atoms with Crippen molar-refractivity contribution in [2.75, 3.05) is 18.0 Å². The minimum atomic E-state index is -0.361.